The van der Waals surface area contributed by atoms with Gasteiger partial charge in [-0.1, -0.05) is 30.3 Å². The number of aliphatic hydroxyl groups is 1. The van der Waals surface area contributed by atoms with E-state index in [2.05, 4.69) is 5.32 Å². The van der Waals surface area contributed by atoms with Crippen LogP contribution in [0.3, 0.4) is 0 Å². The quantitative estimate of drug-likeness (QED) is 0.625. The van der Waals surface area contributed by atoms with Crippen LogP contribution in [-0.4, -0.2) is 16.6 Å². The summed E-state index contributed by atoms with van der Waals surface area (Å²) in [5.74, 6) is -0.542. The van der Waals surface area contributed by atoms with Crippen molar-refractivity contribution in [1.82, 2.24) is 5.32 Å². The molecule has 0 bridgehead atoms. The first kappa shape index (κ1) is 15.0. The number of carbonyl (C=O) groups excluding carboxylic acids is 1. The van der Waals surface area contributed by atoms with E-state index in [0.717, 1.165) is 0 Å². The first-order valence-electron chi connectivity index (χ1n) is 6.26. The topological polar surface area (TPSA) is 121 Å². The number of ketones is 1. The molecule has 0 fully saturated rings. The maximum atomic E-state index is 12.6. The first-order valence-corrected chi connectivity index (χ1v) is 6.26. The lowest BCUT2D eigenvalue weighted by Gasteiger charge is -2.21. The van der Waals surface area contributed by atoms with Crippen molar-refractivity contribution < 1.29 is 9.90 Å². The van der Waals surface area contributed by atoms with E-state index < -0.39 is 11.5 Å². The van der Waals surface area contributed by atoms with Crippen LogP contribution >= 0.6 is 0 Å². The maximum absolute atomic E-state index is 12.6. The molecule has 6 heteroatoms. The molecule has 1 aliphatic rings. The van der Waals surface area contributed by atoms with Gasteiger partial charge in [-0.25, -0.2) is 0 Å². The molecule has 1 aromatic carbocycles. The van der Waals surface area contributed by atoms with Crippen molar-refractivity contribution in [3.8, 4) is 18.2 Å². The summed E-state index contributed by atoms with van der Waals surface area (Å²) in [7, 11) is 0. The highest BCUT2D eigenvalue weighted by molar-refractivity contribution is 6.12. The molecule has 0 saturated carbocycles. The number of hydrogen-bond acceptors (Lipinski definition) is 6. The van der Waals surface area contributed by atoms with E-state index in [1.165, 1.54) is 6.92 Å². The lowest BCUT2D eigenvalue weighted by atomic mass is 9.93. The summed E-state index contributed by atoms with van der Waals surface area (Å²) in [6.45, 7) is 1.29. The SMILES string of the molecule is C[C@@]1(O)NC(=C(C#N)C#N)C(C#N)=C1C(=O)c1ccccc1. The molecule has 22 heavy (non-hydrogen) atoms. The van der Waals surface area contributed by atoms with Crippen LogP contribution in [0.25, 0.3) is 0 Å². The minimum Gasteiger partial charge on any atom is -0.367 e. The largest absolute Gasteiger partial charge is 0.367 e. The molecule has 1 atom stereocenters. The molecule has 0 amide bonds. The molecule has 0 spiro atoms. The van der Waals surface area contributed by atoms with E-state index in [-0.39, 0.29) is 22.4 Å². The number of nitriles is 3. The zero-order valence-electron chi connectivity index (χ0n) is 11.6. The summed E-state index contributed by atoms with van der Waals surface area (Å²) < 4.78 is 0. The lowest BCUT2D eigenvalue weighted by Crippen LogP contribution is -2.40. The summed E-state index contributed by atoms with van der Waals surface area (Å²) in [4.78, 5) is 12.6. The second kappa shape index (κ2) is 5.54. The van der Waals surface area contributed by atoms with E-state index in [1.54, 1.807) is 48.5 Å². The zero-order valence-corrected chi connectivity index (χ0v) is 11.6. The van der Waals surface area contributed by atoms with Gasteiger partial charge in [-0.15, -0.1) is 0 Å². The van der Waals surface area contributed by atoms with Crippen LogP contribution in [0.15, 0.2) is 52.7 Å². The number of rotatable bonds is 2. The number of nitrogens with zero attached hydrogens (tertiary/aromatic N) is 3. The van der Waals surface area contributed by atoms with E-state index in [0.29, 0.717) is 5.56 Å². The normalized spacial score (nSPS) is 19.7. The summed E-state index contributed by atoms with van der Waals surface area (Å²) >= 11 is 0. The summed E-state index contributed by atoms with van der Waals surface area (Å²) in [6.07, 6.45) is 0. The average Bonchev–Trinajstić information content (AvgIpc) is 2.79. The van der Waals surface area contributed by atoms with Gasteiger partial charge in [-0.05, 0) is 6.92 Å². The number of hydrogen-bond donors (Lipinski definition) is 2. The van der Waals surface area contributed by atoms with Crippen molar-refractivity contribution in [3.63, 3.8) is 0 Å². The highest BCUT2D eigenvalue weighted by atomic mass is 16.3. The Morgan fingerprint density at radius 2 is 1.77 bits per heavy atom. The summed E-state index contributed by atoms with van der Waals surface area (Å²) in [5, 5.41) is 40.1. The van der Waals surface area contributed by atoms with Gasteiger partial charge in [-0.2, -0.15) is 15.8 Å². The van der Waals surface area contributed by atoms with Crippen molar-refractivity contribution in [2.45, 2.75) is 12.6 Å². The molecular weight excluding hydrogens is 280 g/mol. The van der Waals surface area contributed by atoms with Gasteiger partial charge in [0.1, 0.15) is 18.2 Å². The fourth-order valence-electron chi connectivity index (χ4n) is 2.24. The number of benzene rings is 1. The predicted octanol–water partition coefficient (Wildman–Crippen LogP) is 1.30. The molecular formula is C16H10N4O2. The Labute approximate surface area is 126 Å². The fraction of sp³-hybridized carbons (Fsp3) is 0.125. The number of carbonyl (C=O) groups is 1. The second-order valence-corrected chi connectivity index (χ2v) is 4.73. The van der Waals surface area contributed by atoms with Gasteiger partial charge < -0.3 is 10.4 Å². The third-order valence-electron chi connectivity index (χ3n) is 3.20. The highest BCUT2D eigenvalue weighted by Crippen LogP contribution is 2.34. The number of Topliss-reactive ketones (excluding diaryl/α,β-unsaturated/α-hetero) is 1. The molecule has 1 aromatic rings. The van der Waals surface area contributed by atoms with E-state index in [4.69, 9.17) is 10.5 Å². The highest BCUT2D eigenvalue weighted by Gasteiger charge is 2.43. The molecule has 106 valence electrons. The minimum atomic E-state index is -1.84. The molecule has 2 rings (SSSR count). The molecule has 0 aromatic heterocycles. The van der Waals surface area contributed by atoms with Crippen molar-refractivity contribution in [2.75, 3.05) is 0 Å². The summed E-state index contributed by atoms with van der Waals surface area (Å²) in [6, 6.07) is 13.2. The smallest absolute Gasteiger partial charge is 0.195 e. The van der Waals surface area contributed by atoms with Gasteiger partial charge in [0.2, 0.25) is 0 Å². The Morgan fingerprint density at radius 1 is 1.18 bits per heavy atom. The third-order valence-corrected chi connectivity index (χ3v) is 3.20. The molecule has 1 aliphatic heterocycles. The van der Waals surface area contributed by atoms with Crippen LogP contribution in [0.5, 0.6) is 0 Å². The Morgan fingerprint density at radius 3 is 2.27 bits per heavy atom. The molecule has 2 N–H and O–H groups in total. The van der Waals surface area contributed by atoms with Crippen molar-refractivity contribution in [1.29, 1.82) is 15.8 Å². The molecule has 0 unspecified atom stereocenters. The Bertz CT molecular complexity index is 812. The molecule has 0 saturated heterocycles. The number of nitrogens with one attached hydrogen (secondary N) is 1. The third kappa shape index (κ3) is 2.33. The molecule has 6 nitrogen and oxygen atoms in total. The number of allylic oxidation sites excluding steroid dienone is 2. The molecule has 0 aliphatic carbocycles. The Balaban J connectivity index is 2.71. The standard InChI is InChI=1S/C16H10N4O2/c1-16(22)13(15(21)10-5-3-2-4-6-10)12(9-19)14(20-16)11(7-17)8-18/h2-6,20,22H,1H3/t16-/m0/s1. The van der Waals surface area contributed by atoms with Crippen LogP contribution < -0.4 is 5.32 Å². The van der Waals surface area contributed by atoms with Gasteiger partial charge >= 0.3 is 0 Å². The molecule has 1 heterocycles. The second-order valence-electron chi connectivity index (χ2n) is 4.73. The van der Waals surface area contributed by atoms with E-state index >= 15 is 0 Å². The fourth-order valence-corrected chi connectivity index (χ4v) is 2.24. The van der Waals surface area contributed by atoms with Gasteiger partial charge in [0, 0.05) is 5.56 Å². The van der Waals surface area contributed by atoms with Gasteiger partial charge in [0.15, 0.2) is 17.1 Å². The summed E-state index contributed by atoms with van der Waals surface area (Å²) in [5.41, 5.74) is -2.42. The van der Waals surface area contributed by atoms with Crippen LogP contribution in [0, 0.1) is 34.0 Å². The van der Waals surface area contributed by atoms with Crippen LogP contribution in [0.1, 0.15) is 17.3 Å². The van der Waals surface area contributed by atoms with E-state index in [1.807, 2.05) is 0 Å². The van der Waals surface area contributed by atoms with Crippen molar-refractivity contribution in [2.24, 2.45) is 0 Å². The lowest BCUT2D eigenvalue weighted by molar-refractivity contribution is 0.0696. The average molecular weight is 290 g/mol. The zero-order chi connectivity index (χ0) is 16.3. The van der Waals surface area contributed by atoms with Crippen molar-refractivity contribution >= 4 is 5.78 Å². The van der Waals surface area contributed by atoms with E-state index in [9.17, 15) is 15.2 Å². The monoisotopic (exact) mass is 290 g/mol. The van der Waals surface area contributed by atoms with Gasteiger partial charge in [-0.3, -0.25) is 4.79 Å². The minimum absolute atomic E-state index is 0.128. The first-order chi connectivity index (χ1) is 10.5. The van der Waals surface area contributed by atoms with Crippen molar-refractivity contribution in [3.05, 3.63) is 58.3 Å². The van der Waals surface area contributed by atoms with Crippen LogP contribution in [0.2, 0.25) is 0 Å². The Kier molecular flexibility index (Phi) is 3.77. The van der Waals surface area contributed by atoms with Crippen LogP contribution in [0.4, 0.5) is 0 Å². The Hall–Kier alpha value is -3.40. The van der Waals surface area contributed by atoms with Crippen LogP contribution in [-0.2, 0) is 0 Å². The van der Waals surface area contributed by atoms with Gasteiger partial charge in [0.05, 0.1) is 16.8 Å². The van der Waals surface area contributed by atoms with Gasteiger partial charge in [0.25, 0.3) is 0 Å². The predicted molar refractivity (Wildman–Crippen MR) is 75.4 cm³/mol. The molecule has 0 radical (unpaired) electrons. The maximum Gasteiger partial charge on any atom is 0.195 e.